The second-order valence-corrected chi connectivity index (χ2v) is 6.03. The number of halogens is 1. The molecule has 0 aliphatic heterocycles. The summed E-state index contributed by atoms with van der Waals surface area (Å²) in [6, 6.07) is 15.2. The zero-order valence-corrected chi connectivity index (χ0v) is 14.4. The van der Waals surface area contributed by atoms with Crippen LogP contribution in [0.5, 0.6) is 5.75 Å². The maximum Gasteiger partial charge on any atom is 0.261 e. The molecule has 0 fully saturated rings. The minimum atomic E-state index is -0.590. The third-order valence-corrected chi connectivity index (χ3v) is 3.92. The molecule has 0 radical (unpaired) electrons. The van der Waals surface area contributed by atoms with Gasteiger partial charge in [-0.25, -0.2) is 0 Å². The van der Waals surface area contributed by atoms with Crippen LogP contribution in [0.1, 0.15) is 37.4 Å². The first-order chi connectivity index (χ1) is 11.0. The molecule has 4 heteroatoms. The second kappa shape index (κ2) is 8.02. The van der Waals surface area contributed by atoms with E-state index in [0.29, 0.717) is 10.8 Å². The molecule has 0 saturated heterocycles. The molecule has 3 nitrogen and oxygen atoms in total. The van der Waals surface area contributed by atoms with Gasteiger partial charge < -0.3 is 10.1 Å². The summed E-state index contributed by atoms with van der Waals surface area (Å²) in [5, 5.41) is 3.62. The summed E-state index contributed by atoms with van der Waals surface area (Å²) in [6.45, 7) is 5.83. The molecule has 0 aliphatic carbocycles. The van der Waals surface area contributed by atoms with Crippen LogP contribution in [0.2, 0.25) is 5.02 Å². The van der Waals surface area contributed by atoms with Crippen molar-refractivity contribution < 1.29 is 9.53 Å². The number of ether oxygens (including phenoxy) is 1. The Kier molecular flexibility index (Phi) is 6.05. The van der Waals surface area contributed by atoms with Gasteiger partial charge in [0.15, 0.2) is 6.10 Å². The van der Waals surface area contributed by atoms with E-state index in [2.05, 4.69) is 17.4 Å². The predicted octanol–water partition coefficient (Wildman–Crippen LogP) is 4.68. The van der Waals surface area contributed by atoms with Crippen molar-refractivity contribution in [2.45, 2.75) is 39.3 Å². The third kappa shape index (κ3) is 5.00. The third-order valence-electron chi connectivity index (χ3n) is 3.68. The molecule has 1 N–H and O–H groups in total. The van der Waals surface area contributed by atoms with Gasteiger partial charge in [-0.2, -0.15) is 0 Å². The van der Waals surface area contributed by atoms with E-state index < -0.39 is 6.10 Å². The number of carbonyl (C=O) groups is 1. The largest absolute Gasteiger partial charge is 0.481 e. The summed E-state index contributed by atoms with van der Waals surface area (Å²) < 4.78 is 5.66. The number of carbonyl (C=O) groups excluding carboxylic acids is 1. The Hall–Kier alpha value is -2.00. The number of nitrogens with one attached hydrogen (secondary N) is 1. The second-order valence-electron chi connectivity index (χ2n) is 5.60. The summed E-state index contributed by atoms with van der Waals surface area (Å²) in [6.07, 6.45) is 0.228. The van der Waals surface area contributed by atoms with Gasteiger partial charge in [0.1, 0.15) is 5.75 Å². The molecule has 2 aromatic rings. The van der Waals surface area contributed by atoms with Crippen LogP contribution in [0.25, 0.3) is 0 Å². The first kappa shape index (κ1) is 17.4. The Morgan fingerprint density at radius 1 is 1.22 bits per heavy atom. The number of hydrogen-bond donors (Lipinski definition) is 1. The average molecular weight is 332 g/mol. The minimum Gasteiger partial charge on any atom is -0.481 e. The molecule has 122 valence electrons. The number of rotatable bonds is 6. The van der Waals surface area contributed by atoms with Crippen LogP contribution in [-0.2, 0) is 4.79 Å². The van der Waals surface area contributed by atoms with Gasteiger partial charge in [0, 0.05) is 5.02 Å². The topological polar surface area (TPSA) is 38.3 Å². The molecular weight excluding hydrogens is 310 g/mol. The zero-order chi connectivity index (χ0) is 16.8. The van der Waals surface area contributed by atoms with Crippen LogP contribution in [0, 0.1) is 6.92 Å². The van der Waals surface area contributed by atoms with E-state index in [1.165, 1.54) is 5.56 Å². The van der Waals surface area contributed by atoms with E-state index in [0.717, 1.165) is 12.0 Å². The van der Waals surface area contributed by atoms with Crippen LogP contribution < -0.4 is 10.1 Å². The molecule has 1 amide bonds. The fourth-order valence-corrected chi connectivity index (χ4v) is 2.49. The Morgan fingerprint density at radius 2 is 1.91 bits per heavy atom. The molecule has 2 rings (SSSR count). The highest BCUT2D eigenvalue weighted by atomic mass is 35.5. The Bertz CT molecular complexity index is 655. The van der Waals surface area contributed by atoms with Crippen LogP contribution in [0.4, 0.5) is 0 Å². The highest BCUT2D eigenvalue weighted by Crippen LogP contribution is 2.20. The lowest BCUT2D eigenvalue weighted by atomic mass is 10.0. The van der Waals surface area contributed by atoms with Crippen molar-refractivity contribution in [3.63, 3.8) is 0 Å². The van der Waals surface area contributed by atoms with Gasteiger partial charge in [0.2, 0.25) is 0 Å². The highest BCUT2D eigenvalue weighted by Gasteiger charge is 2.19. The van der Waals surface area contributed by atoms with Crippen molar-refractivity contribution in [3.8, 4) is 5.75 Å². The molecule has 0 aromatic heterocycles. The van der Waals surface area contributed by atoms with Gasteiger partial charge in [-0.3, -0.25) is 4.79 Å². The van der Waals surface area contributed by atoms with E-state index in [9.17, 15) is 4.79 Å². The van der Waals surface area contributed by atoms with Crippen LogP contribution >= 0.6 is 11.6 Å². The van der Waals surface area contributed by atoms with Crippen molar-refractivity contribution in [2.24, 2.45) is 0 Å². The highest BCUT2D eigenvalue weighted by molar-refractivity contribution is 6.30. The van der Waals surface area contributed by atoms with Crippen molar-refractivity contribution >= 4 is 17.5 Å². The first-order valence-corrected chi connectivity index (χ1v) is 8.16. The Balaban J connectivity index is 1.99. The molecule has 0 spiro atoms. The van der Waals surface area contributed by atoms with E-state index >= 15 is 0 Å². The molecule has 0 aliphatic rings. The number of amides is 1. The van der Waals surface area contributed by atoms with Crippen LogP contribution in [-0.4, -0.2) is 12.0 Å². The van der Waals surface area contributed by atoms with E-state index in [1.807, 2.05) is 26.0 Å². The predicted molar refractivity (Wildman–Crippen MR) is 93.9 cm³/mol. The summed E-state index contributed by atoms with van der Waals surface area (Å²) >= 11 is 5.93. The minimum absolute atomic E-state index is 0.0199. The van der Waals surface area contributed by atoms with Gasteiger partial charge in [-0.1, -0.05) is 54.4 Å². The molecule has 0 saturated carbocycles. The molecular formula is C19H22ClNO2. The molecule has 0 heterocycles. The van der Waals surface area contributed by atoms with E-state index in [1.54, 1.807) is 31.2 Å². The molecule has 0 bridgehead atoms. The smallest absolute Gasteiger partial charge is 0.261 e. The number of aryl methyl sites for hydroxylation is 1. The summed E-state index contributed by atoms with van der Waals surface area (Å²) in [4.78, 5) is 12.4. The lowest BCUT2D eigenvalue weighted by Crippen LogP contribution is -2.38. The normalized spacial score (nSPS) is 13.2. The lowest BCUT2D eigenvalue weighted by molar-refractivity contribution is -0.128. The number of benzene rings is 2. The van der Waals surface area contributed by atoms with Crippen molar-refractivity contribution in [1.29, 1.82) is 0 Å². The molecule has 2 aromatic carbocycles. The monoisotopic (exact) mass is 331 g/mol. The fourth-order valence-electron chi connectivity index (χ4n) is 2.31. The fraction of sp³-hybridized carbons (Fsp3) is 0.316. The molecule has 0 unspecified atom stereocenters. The van der Waals surface area contributed by atoms with Crippen LogP contribution in [0.15, 0.2) is 48.5 Å². The lowest BCUT2D eigenvalue weighted by Gasteiger charge is -2.21. The zero-order valence-electron chi connectivity index (χ0n) is 13.7. The standard InChI is InChI=1S/C19H22ClNO2/c1-4-18(15-10-8-13(2)9-11-15)21-19(22)14(3)23-17-7-5-6-16(20)12-17/h5-12,14,18H,4H2,1-3H3,(H,21,22)/t14-,18+/m0/s1. The summed E-state index contributed by atoms with van der Waals surface area (Å²) in [5.74, 6) is 0.445. The first-order valence-electron chi connectivity index (χ1n) is 7.78. The average Bonchev–Trinajstić information content (AvgIpc) is 2.53. The van der Waals surface area contributed by atoms with Gasteiger partial charge in [-0.15, -0.1) is 0 Å². The Morgan fingerprint density at radius 3 is 2.52 bits per heavy atom. The number of hydrogen-bond acceptors (Lipinski definition) is 2. The maximum atomic E-state index is 12.4. The quantitative estimate of drug-likeness (QED) is 0.834. The van der Waals surface area contributed by atoms with E-state index in [-0.39, 0.29) is 11.9 Å². The van der Waals surface area contributed by atoms with Crippen molar-refractivity contribution in [2.75, 3.05) is 0 Å². The SMILES string of the molecule is CC[C@@H](NC(=O)[C@H](C)Oc1cccc(Cl)c1)c1ccc(C)cc1. The molecule has 2 atom stereocenters. The van der Waals surface area contributed by atoms with Crippen molar-refractivity contribution in [1.82, 2.24) is 5.32 Å². The van der Waals surface area contributed by atoms with Gasteiger partial charge in [-0.05, 0) is 44.0 Å². The van der Waals surface area contributed by atoms with Gasteiger partial charge in [0.05, 0.1) is 6.04 Å². The molecule has 23 heavy (non-hydrogen) atoms. The van der Waals surface area contributed by atoms with E-state index in [4.69, 9.17) is 16.3 Å². The maximum absolute atomic E-state index is 12.4. The summed E-state index contributed by atoms with van der Waals surface area (Å²) in [5.41, 5.74) is 2.30. The Labute approximate surface area is 142 Å². The van der Waals surface area contributed by atoms with Gasteiger partial charge >= 0.3 is 0 Å². The summed E-state index contributed by atoms with van der Waals surface area (Å²) in [7, 11) is 0. The van der Waals surface area contributed by atoms with Crippen molar-refractivity contribution in [3.05, 3.63) is 64.7 Å². The van der Waals surface area contributed by atoms with Crippen LogP contribution in [0.3, 0.4) is 0 Å². The van der Waals surface area contributed by atoms with Gasteiger partial charge in [0.25, 0.3) is 5.91 Å².